The maximum atomic E-state index is 14.7. The molecule has 0 fully saturated rings. The van der Waals surface area contributed by atoms with Gasteiger partial charge in [0.05, 0.1) is 11.6 Å². The predicted molar refractivity (Wildman–Crippen MR) is 162 cm³/mol. The van der Waals surface area contributed by atoms with E-state index in [0.29, 0.717) is 17.9 Å². The average Bonchev–Trinajstić information content (AvgIpc) is 3.37. The first-order valence-corrected chi connectivity index (χ1v) is 13.5. The van der Waals surface area contributed by atoms with Gasteiger partial charge < -0.3 is 10.1 Å². The van der Waals surface area contributed by atoms with E-state index in [1.165, 1.54) is 4.90 Å². The molecular formula is C35H27N3O3. The minimum absolute atomic E-state index is 0.128. The number of hydrogen-bond acceptors (Lipinski definition) is 4. The van der Waals surface area contributed by atoms with Crippen LogP contribution in [-0.2, 0) is 14.4 Å². The number of aromatic nitrogens is 1. The standard InChI is InChI=1S/C35H27N3O3/c39-22-10-21-38(34-31(37-23-40)19-9-20-36-34)35(41)33-30-16-7-6-15-27(30)29-18-8-17-28(32(29)33)26-14-5-4-13-25(26)24-11-2-1-3-12-24/h1-9,11-20,22-23,33H,10,21H2,(H,37,40). The van der Waals surface area contributed by atoms with E-state index in [0.717, 1.165) is 50.8 Å². The molecule has 5 aromatic rings. The second kappa shape index (κ2) is 11.4. The van der Waals surface area contributed by atoms with Crippen LogP contribution in [0.3, 0.4) is 0 Å². The van der Waals surface area contributed by atoms with Gasteiger partial charge in [0.25, 0.3) is 0 Å². The van der Waals surface area contributed by atoms with Gasteiger partial charge in [0, 0.05) is 19.2 Å². The van der Waals surface area contributed by atoms with E-state index < -0.39 is 5.92 Å². The molecule has 200 valence electrons. The summed E-state index contributed by atoms with van der Waals surface area (Å²) in [6.07, 6.45) is 3.04. The first-order valence-electron chi connectivity index (χ1n) is 13.5. The summed E-state index contributed by atoms with van der Waals surface area (Å²) in [4.78, 5) is 43.5. The Balaban J connectivity index is 1.56. The topological polar surface area (TPSA) is 79.4 Å². The SMILES string of the molecule is O=CCCN(C(=O)C1c2ccccc2-c2cccc(-c3ccccc3-c3ccccc3)c21)c1ncccc1NC=O. The smallest absolute Gasteiger partial charge is 0.240 e. The minimum atomic E-state index is -0.640. The first kappa shape index (κ1) is 25.9. The number of fused-ring (bicyclic) bond motifs is 3. The highest BCUT2D eigenvalue weighted by Gasteiger charge is 2.39. The number of carbonyl (C=O) groups is 3. The van der Waals surface area contributed by atoms with Crippen LogP contribution < -0.4 is 10.2 Å². The van der Waals surface area contributed by atoms with Gasteiger partial charge in [-0.1, -0.05) is 97.1 Å². The molecule has 1 aromatic heterocycles. The molecule has 0 spiro atoms. The van der Waals surface area contributed by atoms with E-state index in [4.69, 9.17) is 0 Å². The molecule has 6 heteroatoms. The summed E-state index contributed by atoms with van der Waals surface area (Å²) < 4.78 is 0. The zero-order valence-corrected chi connectivity index (χ0v) is 22.2. The van der Waals surface area contributed by atoms with E-state index in [1.54, 1.807) is 18.3 Å². The maximum Gasteiger partial charge on any atom is 0.240 e. The zero-order valence-electron chi connectivity index (χ0n) is 22.2. The lowest BCUT2D eigenvalue weighted by atomic mass is 9.85. The normalized spacial score (nSPS) is 13.1. The van der Waals surface area contributed by atoms with Crippen molar-refractivity contribution >= 4 is 30.1 Å². The first-order chi connectivity index (χ1) is 20.2. The minimum Gasteiger partial charge on any atom is -0.326 e. The summed E-state index contributed by atoms with van der Waals surface area (Å²) in [6.45, 7) is 0.129. The molecule has 0 saturated carbocycles. The summed E-state index contributed by atoms with van der Waals surface area (Å²) in [7, 11) is 0. The van der Waals surface area contributed by atoms with Gasteiger partial charge in [-0.25, -0.2) is 4.98 Å². The lowest BCUT2D eigenvalue weighted by molar-refractivity contribution is -0.119. The van der Waals surface area contributed by atoms with Gasteiger partial charge >= 0.3 is 0 Å². The zero-order chi connectivity index (χ0) is 28.2. The van der Waals surface area contributed by atoms with Gasteiger partial charge in [0.15, 0.2) is 5.82 Å². The quantitative estimate of drug-likeness (QED) is 0.212. The largest absolute Gasteiger partial charge is 0.326 e. The van der Waals surface area contributed by atoms with Crippen molar-refractivity contribution < 1.29 is 14.4 Å². The van der Waals surface area contributed by atoms with E-state index in [-0.39, 0.29) is 18.9 Å². The maximum absolute atomic E-state index is 14.7. The van der Waals surface area contributed by atoms with E-state index in [2.05, 4.69) is 46.7 Å². The van der Waals surface area contributed by atoms with Crippen LogP contribution >= 0.6 is 0 Å². The van der Waals surface area contributed by atoms with Crippen LogP contribution in [0.25, 0.3) is 33.4 Å². The Hall–Kier alpha value is -5.36. The van der Waals surface area contributed by atoms with Crippen molar-refractivity contribution in [1.82, 2.24) is 4.98 Å². The number of aldehydes is 1. The van der Waals surface area contributed by atoms with E-state index >= 15 is 0 Å². The van der Waals surface area contributed by atoms with Crippen LogP contribution in [-0.4, -0.2) is 30.1 Å². The Labute approximate surface area is 238 Å². The lowest BCUT2D eigenvalue weighted by Gasteiger charge is -2.27. The predicted octanol–water partition coefficient (Wildman–Crippen LogP) is 6.72. The fourth-order valence-corrected chi connectivity index (χ4v) is 5.79. The molecule has 1 atom stereocenters. The molecule has 0 aliphatic heterocycles. The number of carbonyl (C=O) groups excluding carboxylic acids is 3. The highest BCUT2D eigenvalue weighted by atomic mass is 16.2. The van der Waals surface area contributed by atoms with Crippen LogP contribution in [0.15, 0.2) is 115 Å². The van der Waals surface area contributed by atoms with Crippen molar-refractivity contribution in [3.05, 3.63) is 127 Å². The van der Waals surface area contributed by atoms with Crippen molar-refractivity contribution in [3.63, 3.8) is 0 Å². The third kappa shape index (κ3) is 4.70. The Kier molecular flexibility index (Phi) is 7.20. The molecule has 1 heterocycles. The number of amides is 2. The van der Waals surface area contributed by atoms with Gasteiger partial charge in [-0.3, -0.25) is 14.5 Å². The molecule has 1 aliphatic rings. The molecule has 0 saturated heterocycles. The van der Waals surface area contributed by atoms with Gasteiger partial charge in [-0.15, -0.1) is 0 Å². The molecule has 0 radical (unpaired) electrons. The number of nitrogens with one attached hydrogen (secondary N) is 1. The molecule has 2 amide bonds. The number of anilines is 2. The highest BCUT2D eigenvalue weighted by Crippen LogP contribution is 2.51. The van der Waals surface area contributed by atoms with Crippen molar-refractivity contribution in [2.45, 2.75) is 12.3 Å². The van der Waals surface area contributed by atoms with Crippen molar-refractivity contribution in [2.75, 3.05) is 16.8 Å². The third-order valence-electron chi connectivity index (χ3n) is 7.50. The molecule has 1 aliphatic carbocycles. The second-order valence-electron chi connectivity index (χ2n) is 9.78. The fourth-order valence-electron chi connectivity index (χ4n) is 5.79. The van der Waals surface area contributed by atoms with Crippen molar-refractivity contribution in [3.8, 4) is 33.4 Å². The summed E-state index contributed by atoms with van der Waals surface area (Å²) in [6, 6.07) is 36.0. The number of hydrogen-bond donors (Lipinski definition) is 1. The summed E-state index contributed by atoms with van der Waals surface area (Å²) >= 11 is 0. The van der Waals surface area contributed by atoms with Crippen LogP contribution in [0.5, 0.6) is 0 Å². The lowest BCUT2D eigenvalue weighted by Crippen LogP contribution is -2.37. The van der Waals surface area contributed by atoms with Crippen LogP contribution in [0.4, 0.5) is 11.5 Å². The summed E-state index contributed by atoms with van der Waals surface area (Å²) in [5.74, 6) is -0.547. The molecule has 6 rings (SSSR count). The van der Waals surface area contributed by atoms with E-state index in [9.17, 15) is 14.4 Å². The Morgan fingerprint density at radius 3 is 2.15 bits per heavy atom. The van der Waals surface area contributed by atoms with Crippen molar-refractivity contribution in [1.29, 1.82) is 0 Å². The molecular weight excluding hydrogens is 510 g/mol. The Morgan fingerprint density at radius 2 is 1.39 bits per heavy atom. The van der Waals surface area contributed by atoms with Crippen LogP contribution in [0.2, 0.25) is 0 Å². The fraction of sp³-hybridized carbons (Fsp3) is 0.0857. The molecule has 1 N–H and O–H groups in total. The van der Waals surface area contributed by atoms with Gasteiger partial charge in [0.1, 0.15) is 6.29 Å². The second-order valence-corrected chi connectivity index (χ2v) is 9.78. The summed E-state index contributed by atoms with van der Waals surface area (Å²) in [5.41, 5.74) is 8.38. The number of rotatable bonds is 9. The average molecular weight is 538 g/mol. The number of nitrogens with zero attached hydrogens (tertiary/aromatic N) is 2. The number of benzene rings is 4. The Morgan fingerprint density at radius 1 is 0.732 bits per heavy atom. The van der Waals surface area contributed by atoms with Crippen LogP contribution in [0.1, 0.15) is 23.5 Å². The molecule has 6 nitrogen and oxygen atoms in total. The van der Waals surface area contributed by atoms with E-state index in [1.807, 2.05) is 60.7 Å². The molecule has 0 bridgehead atoms. The van der Waals surface area contributed by atoms with Gasteiger partial charge in [0.2, 0.25) is 12.3 Å². The van der Waals surface area contributed by atoms with Crippen molar-refractivity contribution in [2.24, 2.45) is 0 Å². The Bertz CT molecular complexity index is 1750. The van der Waals surface area contributed by atoms with Gasteiger partial charge in [-0.05, 0) is 56.6 Å². The van der Waals surface area contributed by atoms with Gasteiger partial charge in [-0.2, -0.15) is 0 Å². The molecule has 1 unspecified atom stereocenters. The highest BCUT2D eigenvalue weighted by molar-refractivity contribution is 6.08. The monoisotopic (exact) mass is 537 g/mol. The molecule has 41 heavy (non-hydrogen) atoms. The third-order valence-corrected chi connectivity index (χ3v) is 7.50. The molecule has 4 aromatic carbocycles. The number of pyridine rings is 1. The van der Waals surface area contributed by atoms with Crippen LogP contribution in [0, 0.1) is 0 Å². The summed E-state index contributed by atoms with van der Waals surface area (Å²) in [5, 5.41) is 2.65.